The molecule has 0 radical (unpaired) electrons. The van der Waals surface area contributed by atoms with Crippen LogP contribution < -0.4 is 0 Å². The van der Waals surface area contributed by atoms with Gasteiger partial charge in [-0.3, -0.25) is 0 Å². The van der Waals surface area contributed by atoms with Gasteiger partial charge in [-0.05, 0) is 18.6 Å². The van der Waals surface area contributed by atoms with Gasteiger partial charge in [0, 0.05) is 18.6 Å². The van der Waals surface area contributed by atoms with Crippen LogP contribution in [0.2, 0.25) is 0 Å². The van der Waals surface area contributed by atoms with Crippen molar-refractivity contribution in [2.24, 2.45) is 0 Å². The van der Waals surface area contributed by atoms with Crippen molar-refractivity contribution in [1.29, 1.82) is 0 Å². The summed E-state index contributed by atoms with van der Waals surface area (Å²) in [5.74, 6) is 0. The van der Waals surface area contributed by atoms with Crippen molar-refractivity contribution >= 4 is 18.1 Å². The van der Waals surface area contributed by atoms with Gasteiger partial charge in [0.25, 0.3) is 0 Å². The van der Waals surface area contributed by atoms with Gasteiger partial charge in [0.2, 0.25) is 0 Å². The number of hydrogen-bond acceptors (Lipinski definition) is 1. The highest BCUT2D eigenvalue weighted by Crippen LogP contribution is 2.01. The Hall–Kier alpha value is -1.02. The maximum absolute atomic E-state index is 4.12. The van der Waals surface area contributed by atoms with Gasteiger partial charge in [0.1, 0.15) is 5.65 Å². The first-order valence-corrected chi connectivity index (χ1v) is 3.25. The molecule has 0 bridgehead atoms. The van der Waals surface area contributed by atoms with Crippen molar-refractivity contribution in [3.05, 3.63) is 36.3 Å². The number of imidazole rings is 1. The van der Waals surface area contributed by atoms with Crippen molar-refractivity contribution in [2.75, 3.05) is 0 Å². The van der Waals surface area contributed by atoms with E-state index in [2.05, 4.69) is 24.2 Å². The summed E-state index contributed by atoms with van der Waals surface area (Å²) < 4.78 is 2.01. The lowest BCUT2D eigenvalue weighted by Crippen LogP contribution is -1.82. The van der Waals surface area contributed by atoms with Crippen LogP contribution in [0.15, 0.2) is 30.7 Å². The first-order valence-electron chi connectivity index (χ1n) is 3.25. The Bertz CT molecular complexity index is 354. The molecule has 2 nitrogen and oxygen atoms in total. The van der Waals surface area contributed by atoms with Gasteiger partial charge in [-0.2, -0.15) is 0 Å². The monoisotopic (exact) mass is 168 g/mol. The minimum Gasteiger partial charge on any atom is -0.307 e. The topological polar surface area (TPSA) is 17.3 Å². The maximum Gasteiger partial charge on any atom is 0.136 e. The first kappa shape index (κ1) is 8.08. The molecule has 11 heavy (non-hydrogen) atoms. The average Bonchev–Trinajstić information content (AvgIpc) is 2.33. The van der Waals surface area contributed by atoms with Gasteiger partial charge in [0.15, 0.2) is 0 Å². The second-order valence-electron chi connectivity index (χ2n) is 2.40. The van der Waals surface area contributed by atoms with Gasteiger partial charge in [-0.25, -0.2) is 4.98 Å². The quantitative estimate of drug-likeness (QED) is 0.589. The van der Waals surface area contributed by atoms with E-state index in [4.69, 9.17) is 0 Å². The normalized spacial score (nSPS) is 9.55. The Balaban J connectivity index is 0.000000605. The van der Waals surface area contributed by atoms with Crippen molar-refractivity contribution in [2.45, 2.75) is 6.92 Å². The summed E-state index contributed by atoms with van der Waals surface area (Å²) >= 11 is 0. The van der Waals surface area contributed by atoms with Crippen molar-refractivity contribution < 1.29 is 0 Å². The number of hydrogen-bond donors (Lipinski definition) is 0. The van der Waals surface area contributed by atoms with Crippen LogP contribution in [-0.2, 0) is 0 Å². The minimum absolute atomic E-state index is 0. The van der Waals surface area contributed by atoms with Gasteiger partial charge in [0.05, 0.1) is 0 Å². The standard InChI is InChI=1S/C8H8N2.ClH/c1-7-2-3-8-9-4-5-10(8)6-7;/h2-6H,1H3;1H. The molecule has 3 heteroatoms. The molecule has 0 aliphatic heterocycles. The van der Waals surface area contributed by atoms with Gasteiger partial charge >= 0.3 is 0 Å². The van der Waals surface area contributed by atoms with Crippen molar-refractivity contribution in [3.8, 4) is 0 Å². The summed E-state index contributed by atoms with van der Waals surface area (Å²) in [4.78, 5) is 4.12. The van der Waals surface area contributed by atoms with Gasteiger partial charge in [-0.15, -0.1) is 12.4 Å². The van der Waals surface area contributed by atoms with E-state index in [1.54, 1.807) is 6.20 Å². The highest BCUT2D eigenvalue weighted by molar-refractivity contribution is 5.85. The van der Waals surface area contributed by atoms with Crippen LogP contribution in [0.3, 0.4) is 0 Å². The molecule has 0 saturated carbocycles. The fraction of sp³-hybridized carbons (Fsp3) is 0.125. The zero-order valence-electron chi connectivity index (χ0n) is 6.19. The van der Waals surface area contributed by atoms with Crippen LogP contribution in [0.5, 0.6) is 0 Å². The molecule has 0 N–H and O–H groups in total. The molecular formula is C8H9ClN2. The fourth-order valence-electron chi connectivity index (χ4n) is 1.03. The lowest BCUT2D eigenvalue weighted by Gasteiger charge is -1.93. The second kappa shape index (κ2) is 2.93. The molecule has 58 valence electrons. The number of pyridine rings is 1. The smallest absolute Gasteiger partial charge is 0.136 e. The Morgan fingerprint density at radius 1 is 1.36 bits per heavy atom. The van der Waals surface area contributed by atoms with E-state index in [0.717, 1.165) is 5.65 Å². The zero-order chi connectivity index (χ0) is 6.97. The molecule has 0 amide bonds. The summed E-state index contributed by atoms with van der Waals surface area (Å²) in [6.45, 7) is 2.07. The highest BCUT2D eigenvalue weighted by Gasteiger charge is 1.89. The predicted molar refractivity (Wildman–Crippen MR) is 47.2 cm³/mol. The van der Waals surface area contributed by atoms with Crippen LogP contribution >= 0.6 is 12.4 Å². The van der Waals surface area contributed by atoms with Crippen LogP contribution in [-0.4, -0.2) is 9.38 Å². The highest BCUT2D eigenvalue weighted by atomic mass is 35.5. The summed E-state index contributed by atoms with van der Waals surface area (Å²) in [5, 5.41) is 0. The average molecular weight is 169 g/mol. The zero-order valence-corrected chi connectivity index (χ0v) is 7.01. The Morgan fingerprint density at radius 3 is 3.00 bits per heavy atom. The number of aryl methyl sites for hydroxylation is 1. The Labute approximate surface area is 71.3 Å². The minimum atomic E-state index is 0. The first-order chi connectivity index (χ1) is 4.86. The summed E-state index contributed by atoms with van der Waals surface area (Å²) in [6.07, 6.45) is 5.80. The molecule has 0 aliphatic rings. The molecule has 0 spiro atoms. The molecule has 0 fully saturated rings. The maximum atomic E-state index is 4.12. The van der Waals surface area contributed by atoms with E-state index in [0.29, 0.717) is 0 Å². The van der Waals surface area contributed by atoms with Crippen LogP contribution in [0, 0.1) is 6.92 Å². The van der Waals surface area contributed by atoms with Gasteiger partial charge < -0.3 is 4.40 Å². The summed E-state index contributed by atoms with van der Waals surface area (Å²) in [6, 6.07) is 4.07. The van der Waals surface area contributed by atoms with Crippen molar-refractivity contribution in [3.63, 3.8) is 0 Å². The third-order valence-electron chi connectivity index (χ3n) is 1.54. The number of fused-ring (bicyclic) bond motifs is 1. The third-order valence-corrected chi connectivity index (χ3v) is 1.54. The largest absolute Gasteiger partial charge is 0.307 e. The van der Waals surface area contributed by atoms with Crippen LogP contribution in [0.1, 0.15) is 5.56 Å². The lowest BCUT2D eigenvalue weighted by atomic mass is 10.3. The second-order valence-corrected chi connectivity index (χ2v) is 2.40. The lowest BCUT2D eigenvalue weighted by molar-refractivity contribution is 1.16. The number of halogens is 1. The predicted octanol–water partition coefficient (Wildman–Crippen LogP) is 2.06. The van der Waals surface area contributed by atoms with E-state index in [1.807, 2.05) is 16.7 Å². The van der Waals surface area contributed by atoms with E-state index >= 15 is 0 Å². The number of rotatable bonds is 0. The number of nitrogens with zero attached hydrogens (tertiary/aromatic N) is 2. The summed E-state index contributed by atoms with van der Waals surface area (Å²) in [7, 11) is 0. The Kier molecular flexibility index (Phi) is 2.15. The van der Waals surface area contributed by atoms with Crippen molar-refractivity contribution in [1.82, 2.24) is 9.38 Å². The fourth-order valence-corrected chi connectivity index (χ4v) is 1.03. The molecule has 2 aromatic rings. The third kappa shape index (κ3) is 1.35. The molecule has 2 aromatic heterocycles. The molecule has 0 aromatic carbocycles. The molecule has 0 atom stereocenters. The van der Waals surface area contributed by atoms with Gasteiger partial charge in [-0.1, -0.05) is 6.07 Å². The van der Waals surface area contributed by atoms with E-state index in [1.165, 1.54) is 5.56 Å². The van der Waals surface area contributed by atoms with Crippen LogP contribution in [0.4, 0.5) is 0 Å². The molecule has 0 saturated heterocycles. The molecule has 0 unspecified atom stereocenters. The summed E-state index contributed by atoms with van der Waals surface area (Å²) in [5.41, 5.74) is 2.26. The molecule has 2 rings (SSSR count). The SMILES string of the molecule is Cc1ccc2nccn2c1.Cl. The molecule has 2 heterocycles. The Morgan fingerprint density at radius 2 is 2.18 bits per heavy atom. The molecular weight excluding hydrogens is 160 g/mol. The molecule has 0 aliphatic carbocycles. The van der Waals surface area contributed by atoms with E-state index in [9.17, 15) is 0 Å². The van der Waals surface area contributed by atoms with Crippen LogP contribution in [0.25, 0.3) is 5.65 Å². The van der Waals surface area contributed by atoms with E-state index < -0.39 is 0 Å². The number of aromatic nitrogens is 2. The van der Waals surface area contributed by atoms with E-state index in [-0.39, 0.29) is 12.4 Å².